The first kappa shape index (κ1) is 15.1. The molecule has 1 aromatic rings. The molecule has 0 aromatic carbocycles. The van der Waals surface area contributed by atoms with Crippen LogP contribution in [0.4, 0.5) is 11.6 Å². The minimum atomic E-state index is 0.728. The van der Waals surface area contributed by atoms with Crippen molar-refractivity contribution in [2.75, 3.05) is 30.4 Å². The molecule has 1 N–H and O–H groups in total. The molecule has 1 aliphatic heterocycles. The summed E-state index contributed by atoms with van der Waals surface area (Å²) in [5.41, 5.74) is 1.18. The van der Waals surface area contributed by atoms with Crippen LogP contribution in [0.15, 0.2) is 0 Å². The van der Waals surface area contributed by atoms with Crippen LogP contribution in [0.2, 0.25) is 0 Å². The third-order valence-electron chi connectivity index (χ3n) is 4.51. The Kier molecular flexibility index (Phi) is 4.84. The number of piperidine rings is 1. The highest BCUT2D eigenvalue weighted by atomic mass is 15.2. The maximum absolute atomic E-state index is 4.83. The molecule has 112 valence electrons. The molecule has 20 heavy (non-hydrogen) atoms. The fraction of sp³-hybridized carbons (Fsp3) is 0.750. The Balaban J connectivity index is 2.32. The van der Waals surface area contributed by atoms with Gasteiger partial charge in [0.15, 0.2) is 0 Å². The summed E-state index contributed by atoms with van der Waals surface area (Å²) in [5, 5.41) is 3.22. The van der Waals surface area contributed by atoms with Crippen LogP contribution in [0.3, 0.4) is 0 Å². The zero-order chi connectivity index (χ0) is 14.7. The van der Waals surface area contributed by atoms with Gasteiger partial charge in [0, 0.05) is 32.1 Å². The van der Waals surface area contributed by atoms with Crippen molar-refractivity contribution in [1.82, 2.24) is 9.97 Å². The molecule has 0 bridgehead atoms. The van der Waals surface area contributed by atoms with Gasteiger partial charge < -0.3 is 10.2 Å². The third-order valence-corrected chi connectivity index (χ3v) is 4.51. The van der Waals surface area contributed by atoms with Crippen LogP contribution in [0, 0.1) is 18.8 Å². The quantitative estimate of drug-likeness (QED) is 0.916. The summed E-state index contributed by atoms with van der Waals surface area (Å²) in [6, 6.07) is 0. The predicted molar refractivity (Wildman–Crippen MR) is 85.5 cm³/mol. The van der Waals surface area contributed by atoms with Gasteiger partial charge in [-0.15, -0.1) is 0 Å². The molecule has 0 spiro atoms. The Bertz CT molecular complexity index is 458. The molecule has 0 aliphatic carbocycles. The van der Waals surface area contributed by atoms with Crippen LogP contribution in [-0.4, -0.2) is 30.1 Å². The third kappa shape index (κ3) is 3.05. The largest absolute Gasteiger partial charge is 0.373 e. The van der Waals surface area contributed by atoms with Crippen LogP contribution in [0.5, 0.6) is 0 Å². The Hall–Kier alpha value is -1.32. The summed E-state index contributed by atoms with van der Waals surface area (Å²) in [4.78, 5) is 11.9. The predicted octanol–water partition coefficient (Wildman–Crippen LogP) is 3.26. The first-order valence-corrected chi connectivity index (χ1v) is 7.87. The number of anilines is 2. The zero-order valence-electron chi connectivity index (χ0n) is 13.5. The number of hydrogen-bond acceptors (Lipinski definition) is 4. The monoisotopic (exact) mass is 276 g/mol. The van der Waals surface area contributed by atoms with E-state index in [-0.39, 0.29) is 0 Å². The standard InChI is InChI=1S/C16H28N4/c1-6-7-14-18-15(17-5)13(4)16(19-14)20-9-8-11(2)12(3)10-20/h11-12H,6-10H2,1-5H3,(H,17,18,19). The average molecular weight is 276 g/mol. The lowest BCUT2D eigenvalue weighted by Gasteiger charge is -2.37. The second-order valence-corrected chi connectivity index (χ2v) is 6.13. The van der Waals surface area contributed by atoms with E-state index in [0.717, 1.165) is 55.2 Å². The number of aromatic nitrogens is 2. The molecule has 0 radical (unpaired) electrons. The number of nitrogens with one attached hydrogen (secondary N) is 1. The van der Waals surface area contributed by atoms with E-state index in [9.17, 15) is 0 Å². The van der Waals surface area contributed by atoms with Crippen molar-refractivity contribution in [1.29, 1.82) is 0 Å². The van der Waals surface area contributed by atoms with Crippen molar-refractivity contribution in [3.63, 3.8) is 0 Å². The molecule has 2 unspecified atom stereocenters. The average Bonchev–Trinajstić information content (AvgIpc) is 2.44. The van der Waals surface area contributed by atoms with E-state index in [0.29, 0.717) is 0 Å². The molecule has 2 heterocycles. The van der Waals surface area contributed by atoms with Gasteiger partial charge in [0.2, 0.25) is 0 Å². The van der Waals surface area contributed by atoms with Crippen LogP contribution in [-0.2, 0) is 6.42 Å². The van der Waals surface area contributed by atoms with Crippen molar-refractivity contribution in [3.8, 4) is 0 Å². The highest BCUT2D eigenvalue weighted by Gasteiger charge is 2.25. The van der Waals surface area contributed by atoms with Crippen molar-refractivity contribution < 1.29 is 0 Å². The first-order valence-electron chi connectivity index (χ1n) is 7.87. The molecule has 0 saturated carbocycles. The van der Waals surface area contributed by atoms with E-state index >= 15 is 0 Å². The van der Waals surface area contributed by atoms with Gasteiger partial charge in [-0.1, -0.05) is 20.8 Å². The summed E-state index contributed by atoms with van der Waals surface area (Å²) in [6.07, 6.45) is 3.28. The Morgan fingerprint density at radius 3 is 2.60 bits per heavy atom. The maximum atomic E-state index is 4.83. The number of hydrogen-bond donors (Lipinski definition) is 1. The van der Waals surface area contributed by atoms with E-state index in [1.807, 2.05) is 7.05 Å². The molecule has 1 aliphatic rings. The van der Waals surface area contributed by atoms with Crippen LogP contribution in [0.25, 0.3) is 0 Å². The SMILES string of the molecule is CCCc1nc(NC)c(C)c(N2CCC(C)C(C)C2)n1. The molecule has 2 rings (SSSR count). The van der Waals surface area contributed by atoms with E-state index in [1.54, 1.807) is 0 Å². The summed E-state index contributed by atoms with van der Waals surface area (Å²) < 4.78 is 0. The van der Waals surface area contributed by atoms with Gasteiger partial charge in [0.25, 0.3) is 0 Å². The van der Waals surface area contributed by atoms with Crippen LogP contribution < -0.4 is 10.2 Å². The fourth-order valence-corrected chi connectivity index (χ4v) is 2.89. The van der Waals surface area contributed by atoms with Crippen molar-refractivity contribution in [2.24, 2.45) is 11.8 Å². The molecule has 1 saturated heterocycles. The second kappa shape index (κ2) is 6.42. The molecular weight excluding hydrogens is 248 g/mol. The number of nitrogens with zero attached hydrogens (tertiary/aromatic N) is 3. The summed E-state index contributed by atoms with van der Waals surface area (Å²) in [7, 11) is 1.94. The summed E-state index contributed by atoms with van der Waals surface area (Å²) in [5.74, 6) is 4.61. The van der Waals surface area contributed by atoms with Crippen molar-refractivity contribution in [3.05, 3.63) is 11.4 Å². The van der Waals surface area contributed by atoms with Gasteiger partial charge in [-0.2, -0.15) is 0 Å². The Morgan fingerprint density at radius 2 is 2.00 bits per heavy atom. The van der Waals surface area contributed by atoms with E-state index in [2.05, 4.69) is 42.9 Å². The summed E-state index contributed by atoms with van der Waals surface area (Å²) >= 11 is 0. The van der Waals surface area contributed by atoms with Gasteiger partial charge in [-0.25, -0.2) is 9.97 Å². The topological polar surface area (TPSA) is 41.1 Å². The van der Waals surface area contributed by atoms with E-state index in [1.165, 1.54) is 12.0 Å². The first-order chi connectivity index (χ1) is 9.56. The number of rotatable bonds is 4. The fourth-order valence-electron chi connectivity index (χ4n) is 2.89. The highest BCUT2D eigenvalue weighted by molar-refractivity contribution is 5.58. The normalized spacial score (nSPS) is 22.9. The maximum Gasteiger partial charge on any atom is 0.137 e. The molecule has 2 atom stereocenters. The van der Waals surface area contributed by atoms with E-state index < -0.39 is 0 Å². The zero-order valence-corrected chi connectivity index (χ0v) is 13.5. The molecular formula is C16H28N4. The molecule has 4 heteroatoms. The lowest BCUT2D eigenvalue weighted by molar-refractivity contribution is 0.322. The molecule has 4 nitrogen and oxygen atoms in total. The van der Waals surface area contributed by atoms with Gasteiger partial charge in [-0.05, 0) is 31.6 Å². The van der Waals surface area contributed by atoms with Gasteiger partial charge in [0.05, 0.1) is 0 Å². The Labute approximate surface area is 123 Å². The van der Waals surface area contributed by atoms with Gasteiger partial charge >= 0.3 is 0 Å². The summed E-state index contributed by atoms with van der Waals surface area (Å²) in [6.45, 7) is 11.2. The minimum Gasteiger partial charge on any atom is -0.373 e. The smallest absolute Gasteiger partial charge is 0.137 e. The van der Waals surface area contributed by atoms with Crippen molar-refractivity contribution >= 4 is 11.6 Å². The van der Waals surface area contributed by atoms with Crippen molar-refractivity contribution in [2.45, 2.75) is 47.0 Å². The van der Waals surface area contributed by atoms with Crippen LogP contribution in [0.1, 0.15) is 45.0 Å². The lowest BCUT2D eigenvalue weighted by Crippen LogP contribution is -2.39. The molecule has 1 aromatic heterocycles. The highest BCUT2D eigenvalue weighted by Crippen LogP contribution is 2.30. The lowest BCUT2D eigenvalue weighted by atomic mass is 9.88. The molecule has 1 fully saturated rings. The van der Waals surface area contributed by atoms with Gasteiger partial charge in [-0.3, -0.25) is 0 Å². The van der Waals surface area contributed by atoms with E-state index in [4.69, 9.17) is 4.98 Å². The Morgan fingerprint density at radius 1 is 1.25 bits per heavy atom. The second-order valence-electron chi connectivity index (χ2n) is 6.13. The minimum absolute atomic E-state index is 0.728. The van der Waals surface area contributed by atoms with Crippen LogP contribution >= 0.6 is 0 Å². The molecule has 0 amide bonds. The van der Waals surface area contributed by atoms with Gasteiger partial charge in [0.1, 0.15) is 17.5 Å². The number of aryl methyl sites for hydroxylation is 1.